The van der Waals surface area contributed by atoms with Gasteiger partial charge < -0.3 is 9.84 Å². The van der Waals surface area contributed by atoms with Gasteiger partial charge in [-0.3, -0.25) is 4.79 Å². The zero-order valence-corrected chi connectivity index (χ0v) is 8.59. The molecule has 1 N–H and O–H groups in total. The van der Waals surface area contributed by atoms with E-state index in [1.54, 1.807) is 0 Å². The van der Waals surface area contributed by atoms with Crippen LogP contribution in [0.3, 0.4) is 0 Å². The lowest BCUT2D eigenvalue weighted by molar-refractivity contribution is -0.140. The lowest BCUT2D eigenvalue weighted by Crippen LogP contribution is -2.21. The molecule has 0 unspecified atom stereocenters. The zero-order chi connectivity index (χ0) is 11.9. The summed E-state index contributed by atoms with van der Waals surface area (Å²) in [6, 6.07) is 1.79. The number of ether oxygens (including phenoxy) is 1. The number of carbonyl (C=O) groups is 1. The number of benzene rings is 1. The van der Waals surface area contributed by atoms with E-state index in [1.165, 1.54) is 7.11 Å². The normalized spacial score (nSPS) is 16.9. The summed E-state index contributed by atoms with van der Waals surface area (Å²) in [6.07, 6.45) is 0.738. The summed E-state index contributed by atoms with van der Waals surface area (Å²) >= 11 is 0. The summed E-state index contributed by atoms with van der Waals surface area (Å²) in [5.74, 6) is -2.88. The number of hydrogen-bond donors (Lipinski definition) is 1. The molecular weight excluding hydrogens is 218 g/mol. The molecule has 1 aromatic rings. The molecule has 1 fully saturated rings. The molecule has 0 bridgehead atoms. The number of rotatable bonds is 3. The Morgan fingerprint density at radius 2 is 2.00 bits per heavy atom. The fourth-order valence-electron chi connectivity index (χ4n) is 1.78. The maximum absolute atomic E-state index is 13.5. The third kappa shape index (κ3) is 1.43. The molecule has 1 aliphatic rings. The maximum atomic E-state index is 13.5. The minimum absolute atomic E-state index is 0.00162. The highest BCUT2D eigenvalue weighted by molar-refractivity contribution is 5.85. The van der Waals surface area contributed by atoms with Gasteiger partial charge in [0.15, 0.2) is 11.6 Å². The predicted octanol–water partition coefficient (Wildman–Crippen LogP) is 2.09. The Balaban J connectivity index is 2.53. The molecule has 0 amide bonds. The van der Waals surface area contributed by atoms with Crippen LogP contribution in [0.4, 0.5) is 8.78 Å². The largest absolute Gasteiger partial charge is 0.494 e. The second-order valence-electron chi connectivity index (χ2n) is 3.85. The number of aliphatic carboxylic acids is 1. The van der Waals surface area contributed by atoms with Gasteiger partial charge in [-0.25, -0.2) is 8.78 Å². The van der Waals surface area contributed by atoms with E-state index in [2.05, 4.69) is 0 Å². The lowest BCUT2D eigenvalue weighted by atomic mass is 9.95. The minimum atomic E-state index is -1.19. The molecule has 1 saturated carbocycles. The van der Waals surface area contributed by atoms with E-state index in [0.29, 0.717) is 18.9 Å². The van der Waals surface area contributed by atoms with Crippen LogP contribution in [0.1, 0.15) is 18.4 Å². The molecule has 0 heterocycles. The van der Waals surface area contributed by atoms with Crippen LogP contribution in [0.25, 0.3) is 0 Å². The molecule has 16 heavy (non-hydrogen) atoms. The van der Waals surface area contributed by atoms with Crippen LogP contribution in [-0.4, -0.2) is 18.2 Å². The average Bonchev–Trinajstić information content (AvgIpc) is 2.99. The summed E-state index contributed by atoms with van der Waals surface area (Å²) in [7, 11) is 1.25. The first-order chi connectivity index (χ1) is 7.51. The van der Waals surface area contributed by atoms with Gasteiger partial charge in [0.2, 0.25) is 0 Å². The van der Waals surface area contributed by atoms with Gasteiger partial charge in [-0.2, -0.15) is 0 Å². The summed E-state index contributed by atoms with van der Waals surface area (Å²) in [5.41, 5.74) is -1.19. The predicted molar refractivity (Wildman–Crippen MR) is 51.5 cm³/mol. The lowest BCUT2D eigenvalue weighted by Gasteiger charge is -2.13. The average molecular weight is 228 g/mol. The van der Waals surface area contributed by atoms with Gasteiger partial charge in [0.25, 0.3) is 0 Å². The van der Waals surface area contributed by atoms with Crippen molar-refractivity contribution in [1.82, 2.24) is 0 Å². The third-order valence-electron chi connectivity index (χ3n) is 2.92. The van der Waals surface area contributed by atoms with Crippen molar-refractivity contribution in [2.75, 3.05) is 7.11 Å². The van der Waals surface area contributed by atoms with Gasteiger partial charge in [-0.05, 0) is 18.9 Å². The minimum Gasteiger partial charge on any atom is -0.494 e. The molecule has 0 atom stereocenters. The zero-order valence-electron chi connectivity index (χ0n) is 8.59. The van der Waals surface area contributed by atoms with Crippen molar-refractivity contribution in [3.8, 4) is 5.75 Å². The molecule has 1 aliphatic carbocycles. The van der Waals surface area contributed by atoms with Crippen LogP contribution >= 0.6 is 0 Å². The van der Waals surface area contributed by atoms with Crippen molar-refractivity contribution >= 4 is 5.97 Å². The first-order valence-electron chi connectivity index (χ1n) is 4.78. The van der Waals surface area contributed by atoms with Crippen LogP contribution in [0.5, 0.6) is 5.75 Å². The van der Waals surface area contributed by atoms with Crippen LogP contribution < -0.4 is 4.74 Å². The van der Waals surface area contributed by atoms with E-state index in [-0.39, 0.29) is 11.3 Å². The van der Waals surface area contributed by atoms with E-state index in [9.17, 15) is 13.6 Å². The molecule has 0 spiro atoms. The van der Waals surface area contributed by atoms with Crippen molar-refractivity contribution in [3.63, 3.8) is 0 Å². The second-order valence-corrected chi connectivity index (χ2v) is 3.85. The highest BCUT2D eigenvalue weighted by Crippen LogP contribution is 2.50. The molecule has 2 rings (SSSR count). The molecule has 0 aliphatic heterocycles. The molecular formula is C11H10F2O3. The van der Waals surface area contributed by atoms with Gasteiger partial charge in [0.1, 0.15) is 5.82 Å². The molecule has 5 heteroatoms. The van der Waals surface area contributed by atoms with Crippen molar-refractivity contribution in [2.24, 2.45) is 0 Å². The highest BCUT2D eigenvalue weighted by Gasteiger charge is 2.53. The Morgan fingerprint density at radius 1 is 1.38 bits per heavy atom. The Morgan fingerprint density at radius 3 is 2.44 bits per heavy atom. The van der Waals surface area contributed by atoms with Crippen LogP contribution in [0.15, 0.2) is 12.1 Å². The molecule has 86 valence electrons. The number of halogens is 2. The summed E-state index contributed by atoms with van der Waals surface area (Å²) < 4.78 is 31.3. The van der Waals surface area contributed by atoms with E-state index in [0.717, 1.165) is 6.07 Å². The fourth-order valence-corrected chi connectivity index (χ4v) is 1.78. The number of methoxy groups -OCH3 is 1. The summed E-state index contributed by atoms with van der Waals surface area (Å²) in [5, 5.41) is 9.01. The Labute approximate surface area is 90.7 Å². The Kier molecular flexibility index (Phi) is 2.33. The molecule has 0 saturated heterocycles. The summed E-state index contributed by atoms with van der Waals surface area (Å²) in [4.78, 5) is 11.0. The number of carboxylic acids is 1. The van der Waals surface area contributed by atoms with Crippen molar-refractivity contribution in [3.05, 3.63) is 29.3 Å². The maximum Gasteiger partial charge on any atom is 0.314 e. The van der Waals surface area contributed by atoms with E-state index < -0.39 is 23.0 Å². The Hall–Kier alpha value is -1.65. The van der Waals surface area contributed by atoms with Gasteiger partial charge in [-0.1, -0.05) is 0 Å². The second kappa shape index (κ2) is 3.43. The van der Waals surface area contributed by atoms with Crippen molar-refractivity contribution in [2.45, 2.75) is 18.3 Å². The topological polar surface area (TPSA) is 46.5 Å². The monoisotopic (exact) mass is 228 g/mol. The standard InChI is InChI=1S/C11H10F2O3/c1-16-9-4-6(7(12)5-8(9)13)11(2-3-11)10(14)15/h4-5H,2-3H2,1H3,(H,14,15). The number of carboxylic acid groups (broad SMARTS) is 1. The number of hydrogen-bond acceptors (Lipinski definition) is 2. The van der Waals surface area contributed by atoms with Crippen LogP contribution in [0.2, 0.25) is 0 Å². The van der Waals surface area contributed by atoms with Gasteiger partial charge in [0.05, 0.1) is 12.5 Å². The van der Waals surface area contributed by atoms with Crippen molar-refractivity contribution in [1.29, 1.82) is 0 Å². The molecule has 3 nitrogen and oxygen atoms in total. The SMILES string of the molecule is COc1cc(C2(C(=O)O)CC2)c(F)cc1F. The van der Waals surface area contributed by atoms with E-state index >= 15 is 0 Å². The molecule has 1 aromatic carbocycles. The van der Waals surface area contributed by atoms with Crippen molar-refractivity contribution < 1.29 is 23.4 Å². The van der Waals surface area contributed by atoms with Gasteiger partial charge in [0, 0.05) is 11.6 Å². The van der Waals surface area contributed by atoms with Gasteiger partial charge in [-0.15, -0.1) is 0 Å². The quantitative estimate of drug-likeness (QED) is 0.861. The third-order valence-corrected chi connectivity index (χ3v) is 2.92. The van der Waals surface area contributed by atoms with E-state index in [4.69, 9.17) is 9.84 Å². The van der Waals surface area contributed by atoms with Crippen LogP contribution in [0, 0.1) is 11.6 Å². The highest BCUT2D eigenvalue weighted by atomic mass is 19.1. The Bertz CT molecular complexity index is 453. The van der Waals surface area contributed by atoms with E-state index in [1.807, 2.05) is 0 Å². The molecule has 0 aromatic heterocycles. The summed E-state index contributed by atoms with van der Waals surface area (Å²) in [6.45, 7) is 0. The fraction of sp³-hybridized carbons (Fsp3) is 0.364. The smallest absolute Gasteiger partial charge is 0.314 e. The first-order valence-corrected chi connectivity index (χ1v) is 4.78. The molecule has 0 radical (unpaired) electrons. The first kappa shape index (κ1) is 10.9. The van der Waals surface area contributed by atoms with Crippen LogP contribution in [-0.2, 0) is 10.2 Å². The van der Waals surface area contributed by atoms with Gasteiger partial charge >= 0.3 is 5.97 Å².